The quantitative estimate of drug-likeness (QED) is 0.394. The second kappa shape index (κ2) is 5.51. The number of hydrogen-bond acceptors (Lipinski definition) is 6. The molecular weight excluding hydrogens is 316 g/mol. The van der Waals surface area contributed by atoms with E-state index in [1.165, 1.54) is 24.3 Å². The number of fused-ring (bicyclic) bond motifs is 1. The lowest BCUT2D eigenvalue weighted by molar-refractivity contribution is 0.102. The predicted octanol–water partition coefficient (Wildman–Crippen LogP) is 1.60. The number of carbonyl (C=O) groups is 1. The van der Waals surface area contributed by atoms with E-state index in [0.29, 0.717) is 0 Å². The first kappa shape index (κ1) is 15.2. The number of H-pyrrole nitrogens is 1. The topological polar surface area (TPSA) is 143 Å². The van der Waals surface area contributed by atoms with Crippen molar-refractivity contribution in [3.8, 4) is 23.0 Å². The van der Waals surface area contributed by atoms with Crippen LogP contribution in [0.4, 0.5) is 5.69 Å². The number of carbonyl (C=O) groups excluding carboxylic acids is 1. The number of rotatable bonds is 2. The highest BCUT2D eigenvalue weighted by Crippen LogP contribution is 2.38. The van der Waals surface area contributed by atoms with Gasteiger partial charge in [-0.15, -0.1) is 0 Å². The smallest absolute Gasteiger partial charge is 0.261 e. The van der Waals surface area contributed by atoms with Crippen LogP contribution >= 0.6 is 0 Å². The minimum absolute atomic E-state index is 0.0571. The van der Waals surface area contributed by atoms with Crippen molar-refractivity contribution in [3.63, 3.8) is 0 Å². The lowest BCUT2D eigenvalue weighted by atomic mass is 10.1. The van der Waals surface area contributed by atoms with Crippen LogP contribution in [0.5, 0.6) is 23.0 Å². The molecule has 0 bridgehead atoms. The summed E-state index contributed by atoms with van der Waals surface area (Å²) in [5.41, 5.74) is -0.806. The Morgan fingerprint density at radius 1 is 1.04 bits per heavy atom. The van der Waals surface area contributed by atoms with Gasteiger partial charge in [0.15, 0.2) is 11.5 Å². The molecule has 0 saturated heterocycles. The number of amides is 1. The van der Waals surface area contributed by atoms with Gasteiger partial charge in [0.2, 0.25) is 11.2 Å². The van der Waals surface area contributed by atoms with E-state index in [2.05, 4.69) is 10.3 Å². The molecule has 0 aliphatic carbocycles. The van der Waals surface area contributed by atoms with Crippen LogP contribution in [0.1, 0.15) is 10.4 Å². The van der Waals surface area contributed by atoms with Crippen molar-refractivity contribution >= 4 is 22.5 Å². The molecule has 0 spiro atoms. The van der Waals surface area contributed by atoms with Gasteiger partial charge in [-0.25, -0.2) is 0 Å². The molecule has 2 aromatic carbocycles. The minimum atomic E-state index is -0.849. The van der Waals surface area contributed by atoms with E-state index in [4.69, 9.17) is 0 Å². The SMILES string of the molecule is O=C(Nc1cccc(O)c1)c1c[nH]c2cc(O)c(O)c(O)c2c1=O. The number of benzene rings is 2. The molecule has 3 rings (SSSR count). The average Bonchev–Trinajstić information content (AvgIpc) is 2.52. The monoisotopic (exact) mass is 328 g/mol. The summed E-state index contributed by atoms with van der Waals surface area (Å²) in [5, 5.41) is 40.3. The van der Waals surface area contributed by atoms with E-state index in [9.17, 15) is 30.0 Å². The first-order chi connectivity index (χ1) is 11.4. The molecular formula is C16H12N2O6. The fourth-order valence-corrected chi connectivity index (χ4v) is 2.29. The van der Waals surface area contributed by atoms with Gasteiger partial charge in [0.25, 0.3) is 5.91 Å². The summed E-state index contributed by atoms with van der Waals surface area (Å²) in [7, 11) is 0. The number of pyridine rings is 1. The van der Waals surface area contributed by atoms with Crippen molar-refractivity contribution in [2.24, 2.45) is 0 Å². The van der Waals surface area contributed by atoms with E-state index < -0.39 is 28.6 Å². The number of aromatic hydroxyl groups is 4. The predicted molar refractivity (Wildman–Crippen MR) is 85.6 cm³/mol. The maximum absolute atomic E-state index is 12.4. The number of aromatic nitrogens is 1. The third kappa shape index (κ3) is 2.45. The molecule has 1 amide bonds. The molecule has 6 N–H and O–H groups in total. The Labute approximate surface area is 134 Å². The minimum Gasteiger partial charge on any atom is -0.508 e. The molecule has 24 heavy (non-hydrogen) atoms. The Kier molecular flexibility index (Phi) is 3.49. The van der Waals surface area contributed by atoms with E-state index in [-0.39, 0.29) is 27.9 Å². The highest BCUT2D eigenvalue weighted by molar-refractivity contribution is 6.06. The molecule has 8 heteroatoms. The van der Waals surface area contributed by atoms with Gasteiger partial charge in [0.1, 0.15) is 11.3 Å². The van der Waals surface area contributed by atoms with Crippen LogP contribution in [-0.2, 0) is 0 Å². The van der Waals surface area contributed by atoms with Crippen molar-refractivity contribution in [1.29, 1.82) is 0 Å². The fraction of sp³-hybridized carbons (Fsp3) is 0. The number of nitrogens with one attached hydrogen (secondary N) is 2. The van der Waals surface area contributed by atoms with Gasteiger partial charge < -0.3 is 30.7 Å². The van der Waals surface area contributed by atoms with E-state index in [1.807, 2.05) is 0 Å². The summed E-state index contributed by atoms with van der Waals surface area (Å²) >= 11 is 0. The Hall–Kier alpha value is -3.68. The van der Waals surface area contributed by atoms with Crippen molar-refractivity contribution in [2.75, 3.05) is 5.32 Å². The molecule has 0 saturated carbocycles. The second-order valence-corrected chi connectivity index (χ2v) is 5.05. The molecule has 3 aromatic rings. The first-order valence-electron chi connectivity index (χ1n) is 6.78. The van der Waals surface area contributed by atoms with E-state index in [0.717, 1.165) is 12.3 Å². The number of phenolic OH excluding ortho intramolecular Hbond substituents is 4. The lowest BCUT2D eigenvalue weighted by Gasteiger charge is -2.08. The summed E-state index contributed by atoms with van der Waals surface area (Å²) in [4.78, 5) is 27.3. The Morgan fingerprint density at radius 3 is 2.50 bits per heavy atom. The van der Waals surface area contributed by atoms with Crippen LogP contribution in [0, 0.1) is 0 Å². The Balaban J connectivity index is 2.09. The van der Waals surface area contributed by atoms with Crippen LogP contribution in [0.2, 0.25) is 0 Å². The zero-order valence-corrected chi connectivity index (χ0v) is 12.1. The van der Waals surface area contributed by atoms with Crippen LogP contribution in [0.3, 0.4) is 0 Å². The molecule has 0 atom stereocenters. The third-order valence-corrected chi connectivity index (χ3v) is 3.45. The average molecular weight is 328 g/mol. The maximum Gasteiger partial charge on any atom is 0.261 e. The van der Waals surface area contributed by atoms with Crippen molar-refractivity contribution < 1.29 is 25.2 Å². The summed E-state index contributed by atoms with van der Waals surface area (Å²) < 4.78 is 0. The molecule has 0 fully saturated rings. The molecule has 0 aliphatic heterocycles. The molecule has 1 heterocycles. The van der Waals surface area contributed by atoms with Gasteiger partial charge in [-0.1, -0.05) is 6.07 Å². The Bertz CT molecular complexity index is 1020. The van der Waals surface area contributed by atoms with E-state index in [1.54, 1.807) is 0 Å². The van der Waals surface area contributed by atoms with Crippen LogP contribution in [0.15, 0.2) is 41.3 Å². The van der Waals surface area contributed by atoms with Gasteiger partial charge in [0, 0.05) is 24.0 Å². The van der Waals surface area contributed by atoms with Gasteiger partial charge in [0.05, 0.1) is 10.9 Å². The second-order valence-electron chi connectivity index (χ2n) is 5.05. The normalized spacial score (nSPS) is 10.7. The zero-order valence-electron chi connectivity index (χ0n) is 12.1. The molecule has 1 aromatic heterocycles. The lowest BCUT2D eigenvalue weighted by Crippen LogP contribution is -2.22. The van der Waals surface area contributed by atoms with Gasteiger partial charge >= 0.3 is 0 Å². The third-order valence-electron chi connectivity index (χ3n) is 3.45. The summed E-state index contributed by atoms with van der Waals surface area (Å²) in [6.07, 6.45) is 1.12. The number of aromatic amines is 1. The first-order valence-corrected chi connectivity index (χ1v) is 6.78. The standard InChI is InChI=1S/C16H12N2O6/c19-8-3-1-2-7(4-8)18-16(24)9-6-17-10-5-11(20)14(22)15(23)12(10)13(9)21/h1-6,19-20,22-23H,(H,17,21)(H,18,24). The molecule has 0 unspecified atom stereocenters. The van der Waals surface area contributed by atoms with Gasteiger partial charge in [-0.2, -0.15) is 0 Å². The van der Waals surface area contributed by atoms with Crippen molar-refractivity contribution in [2.45, 2.75) is 0 Å². The van der Waals surface area contributed by atoms with Gasteiger partial charge in [-0.3, -0.25) is 9.59 Å². The van der Waals surface area contributed by atoms with Crippen LogP contribution < -0.4 is 10.7 Å². The van der Waals surface area contributed by atoms with Crippen molar-refractivity contribution in [1.82, 2.24) is 4.98 Å². The molecule has 122 valence electrons. The summed E-state index contributed by atoms with van der Waals surface area (Å²) in [5.74, 6) is -3.10. The maximum atomic E-state index is 12.4. The van der Waals surface area contributed by atoms with E-state index >= 15 is 0 Å². The van der Waals surface area contributed by atoms with Crippen LogP contribution in [0.25, 0.3) is 10.9 Å². The zero-order chi connectivity index (χ0) is 17.4. The van der Waals surface area contributed by atoms with Gasteiger partial charge in [-0.05, 0) is 12.1 Å². The fourth-order valence-electron chi connectivity index (χ4n) is 2.29. The Morgan fingerprint density at radius 2 is 1.79 bits per heavy atom. The largest absolute Gasteiger partial charge is 0.508 e. The summed E-state index contributed by atoms with van der Waals surface area (Å²) in [6, 6.07) is 6.82. The molecule has 0 aliphatic rings. The molecule has 0 radical (unpaired) electrons. The highest BCUT2D eigenvalue weighted by atomic mass is 16.3. The number of phenols is 4. The van der Waals surface area contributed by atoms with Crippen LogP contribution in [-0.4, -0.2) is 31.3 Å². The molecule has 8 nitrogen and oxygen atoms in total. The van der Waals surface area contributed by atoms with Crippen molar-refractivity contribution in [3.05, 3.63) is 52.3 Å². The summed E-state index contributed by atoms with van der Waals surface area (Å²) in [6.45, 7) is 0. The number of anilines is 1. The number of hydrogen-bond donors (Lipinski definition) is 6. The highest BCUT2D eigenvalue weighted by Gasteiger charge is 2.19.